The molecule has 0 aliphatic carbocycles. The van der Waals surface area contributed by atoms with E-state index in [0.717, 1.165) is 25.9 Å². The van der Waals surface area contributed by atoms with Gasteiger partial charge >= 0.3 is 0 Å². The Morgan fingerprint density at radius 1 is 1.48 bits per heavy atom. The lowest BCUT2D eigenvalue weighted by molar-refractivity contribution is 0.0947. The molecule has 1 aliphatic heterocycles. The Bertz CT molecular complexity index is 608. The van der Waals surface area contributed by atoms with Gasteiger partial charge in [0.05, 0.1) is 11.8 Å². The second-order valence-electron chi connectivity index (χ2n) is 5.59. The first kappa shape index (κ1) is 17.9. The Hall–Kier alpha value is -1.45. The van der Waals surface area contributed by atoms with Crippen LogP contribution in [0, 0.1) is 0 Å². The predicted octanol–water partition coefficient (Wildman–Crippen LogP) is -0.133. The van der Waals surface area contributed by atoms with Crippen LogP contribution in [0.5, 0.6) is 0 Å². The van der Waals surface area contributed by atoms with Crippen molar-refractivity contribution in [2.24, 2.45) is 0 Å². The molecule has 9 heteroatoms. The van der Waals surface area contributed by atoms with E-state index in [2.05, 4.69) is 20.5 Å². The number of amides is 1. The minimum Gasteiger partial charge on any atom is -0.351 e. The van der Waals surface area contributed by atoms with Crippen LogP contribution < -0.4 is 15.4 Å². The van der Waals surface area contributed by atoms with Gasteiger partial charge in [0, 0.05) is 25.8 Å². The van der Waals surface area contributed by atoms with Crippen LogP contribution in [0.2, 0.25) is 0 Å². The summed E-state index contributed by atoms with van der Waals surface area (Å²) in [7, 11) is -3.17. The van der Waals surface area contributed by atoms with E-state index in [0.29, 0.717) is 31.2 Å². The van der Waals surface area contributed by atoms with E-state index in [-0.39, 0.29) is 11.7 Å². The van der Waals surface area contributed by atoms with Gasteiger partial charge in [0.25, 0.3) is 5.91 Å². The molecule has 130 valence electrons. The maximum atomic E-state index is 12.0. The van der Waals surface area contributed by atoms with Crippen LogP contribution >= 0.6 is 0 Å². The quantitative estimate of drug-likeness (QED) is 0.570. The van der Waals surface area contributed by atoms with Crippen molar-refractivity contribution < 1.29 is 13.2 Å². The second kappa shape index (κ2) is 8.42. The first-order valence-corrected chi connectivity index (χ1v) is 9.68. The highest BCUT2D eigenvalue weighted by molar-refractivity contribution is 7.89. The zero-order chi connectivity index (χ0) is 16.7. The van der Waals surface area contributed by atoms with Crippen LogP contribution in [0.3, 0.4) is 0 Å². The SMILES string of the molecule is CCS(=O)(=O)NCCCNC(=O)c1ccn(C2CCCNC2)n1. The van der Waals surface area contributed by atoms with Gasteiger partial charge in [-0.25, -0.2) is 13.1 Å². The monoisotopic (exact) mass is 343 g/mol. The molecular weight excluding hydrogens is 318 g/mol. The van der Waals surface area contributed by atoms with Gasteiger partial charge in [0.15, 0.2) is 0 Å². The van der Waals surface area contributed by atoms with Crippen LogP contribution in [0.4, 0.5) is 0 Å². The molecule has 1 saturated heterocycles. The van der Waals surface area contributed by atoms with Crippen molar-refractivity contribution in [3.8, 4) is 0 Å². The van der Waals surface area contributed by atoms with Crippen molar-refractivity contribution in [1.82, 2.24) is 25.1 Å². The van der Waals surface area contributed by atoms with Crippen molar-refractivity contribution in [2.75, 3.05) is 31.9 Å². The summed E-state index contributed by atoms with van der Waals surface area (Å²) >= 11 is 0. The van der Waals surface area contributed by atoms with Crippen LogP contribution in [0.15, 0.2) is 12.3 Å². The number of piperidine rings is 1. The molecule has 1 aromatic rings. The van der Waals surface area contributed by atoms with Crippen molar-refractivity contribution in [1.29, 1.82) is 0 Å². The fraction of sp³-hybridized carbons (Fsp3) is 0.714. The highest BCUT2D eigenvalue weighted by atomic mass is 32.2. The molecule has 1 amide bonds. The molecule has 1 aromatic heterocycles. The summed E-state index contributed by atoms with van der Waals surface area (Å²) in [6.45, 7) is 4.22. The number of nitrogens with zero attached hydrogens (tertiary/aromatic N) is 2. The molecule has 2 heterocycles. The van der Waals surface area contributed by atoms with Crippen molar-refractivity contribution in [2.45, 2.75) is 32.2 Å². The van der Waals surface area contributed by atoms with Gasteiger partial charge in [-0.15, -0.1) is 0 Å². The van der Waals surface area contributed by atoms with Gasteiger partial charge in [-0.1, -0.05) is 0 Å². The Balaban J connectivity index is 1.72. The van der Waals surface area contributed by atoms with E-state index in [1.165, 1.54) is 0 Å². The van der Waals surface area contributed by atoms with Crippen LogP contribution in [-0.2, 0) is 10.0 Å². The molecule has 1 atom stereocenters. The fourth-order valence-electron chi connectivity index (χ4n) is 2.43. The highest BCUT2D eigenvalue weighted by Gasteiger charge is 2.17. The first-order chi connectivity index (χ1) is 11.0. The maximum Gasteiger partial charge on any atom is 0.271 e. The number of carbonyl (C=O) groups is 1. The van der Waals surface area contributed by atoms with Crippen molar-refractivity contribution in [3.63, 3.8) is 0 Å². The molecular formula is C14H25N5O3S. The first-order valence-electron chi connectivity index (χ1n) is 8.03. The summed E-state index contributed by atoms with van der Waals surface area (Å²) in [5, 5.41) is 10.4. The zero-order valence-electron chi connectivity index (χ0n) is 13.4. The molecule has 1 fully saturated rings. The minimum atomic E-state index is -3.17. The summed E-state index contributed by atoms with van der Waals surface area (Å²) in [5.74, 6) is -0.168. The number of hydrogen-bond acceptors (Lipinski definition) is 5. The second-order valence-corrected chi connectivity index (χ2v) is 7.68. The van der Waals surface area contributed by atoms with E-state index in [4.69, 9.17) is 0 Å². The Labute approximate surface area is 137 Å². The summed E-state index contributed by atoms with van der Waals surface area (Å²) in [4.78, 5) is 12.0. The van der Waals surface area contributed by atoms with Crippen LogP contribution in [0.1, 0.15) is 42.7 Å². The molecule has 1 aliphatic rings. The molecule has 1 unspecified atom stereocenters. The molecule has 0 radical (unpaired) electrons. The molecule has 0 spiro atoms. The van der Waals surface area contributed by atoms with Crippen LogP contribution in [-0.4, -0.2) is 56.0 Å². The van der Waals surface area contributed by atoms with Crippen molar-refractivity contribution >= 4 is 15.9 Å². The van der Waals surface area contributed by atoms with Crippen LogP contribution in [0.25, 0.3) is 0 Å². The molecule has 8 nitrogen and oxygen atoms in total. The molecule has 3 N–H and O–H groups in total. The third kappa shape index (κ3) is 5.60. The number of sulfonamides is 1. The maximum absolute atomic E-state index is 12.0. The lowest BCUT2D eigenvalue weighted by Gasteiger charge is -2.22. The van der Waals surface area contributed by atoms with Gasteiger partial charge in [-0.2, -0.15) is 5.10 Å². The normalized spacial score (nSPS) is 18.7. The molecule has 0 saturated carbocycles. The molecule has 0 aromatic carbocycles. The Kier molecular flexibility index (Phi) is 6.55. The molecule has 2 rings (SSSR count). The average molecular weight is 343 g/mol. The average Bonchev–Trinajstić information content (AvgIpc) is 3.05. The Morgan fingerprint density at radius 2 is 2.30 bits per heavy atom. The third-order valence-electron chi connectivity index (χ3n) is 3.83. The minimum absolute atomic E-state index is 0.0623. The van der Waals surface area contributed by atoms with E-state index < -0.39 is 10.0 Å². The number of hydrogen-bond donors (Lipinski definition) is 3. The summed E-state index contributed by atoms with van der Waals surface area (Å²) in [6.07, 6.45) is 4.55. The standard InChI is InChI=1S/C14H25N5O3S/c1-2-23(21,22)17-9-4-8-16-14(20)13-6-10-19(18-13)12-5-3-7-15-11-12/h6,10,12,15,17H,2-5,7-9,11H2,1H3,(H,16,20). The lowest BCUT2D eigenvalue weighted by atomic mass is 10.1. The molecule has 0 bridgehead atoms. The van der Waals surface area contributed by atoms with E-state index in [1.807, 2.05) is 10.9 Å². The number of carbonyl (C=O) groups excluding carboxylic acids is 1. The van der Waals surface area contributed by atoms with E-state index >= 15 is 0 Å². The van der Waals surface area contributed by atoms with Crippen molar-refractivity contribution in [3.05, 3.63) is 18.0 Å². The topological polar surface area (TPSA) is 105 Å². The summed E-state index contributed by atoms with van der Waals surface area (Å²) in [6, 6.07) is 2.01. The summed E-state index contributed by atoms with van der Waals surface area (Å²) < 4.78 is 26.8. The van der Waals surface area contributed by atoms with E-state index in [1.54, 1.807) is 13.0 Å². The zero-order valence-corrected chi connectivity index (χ0v) is 14.2. The highest BCUT2D eigenvalue weighted by Crippen LogP contribution is 2.15. The summed E-state index contributed by atoms with van der Waals surface area (Å²) in [5.41, 5.74) is 0.393. The van der Waals surface area contributed by atoms with Gasteiger partial charge < -0.3 is 10.6 Å². The Morgan fingerprint density at radius 3 is 3.00 bits per heavy atom. The number of rotatable bonds is 8. The smallest absolute Gasteiger partial charge is 0.271 e. The number of aromatic nitrogens is 2. The number of nitrogens with one attached hydrogen (secondary N) is 3. The lowest BCUT2D eigenvalue weighted by Crippen LogP contribution is -2.32. The van der Waals surface area contributed by atoms with Gasteiger partial charge in [0.2, 0.25) is 10.0 Å². The predicted molar refractivity (Wildman–Crippen MR) is 87.8 cm³/mol. The third-order valence-corrected chi connectivity index (χ3v) is 5.23. The largest absolute Gasteiger partial charge is 0.351 e. The van der Waals surface area contributed by atoms with Gasteiger partial charge in [-0.05, 0) is 38.8 Å². The van der Waals surface area contributed by atoms with E-state index in [9.17, 15) is 13.2 Å². The van der Waals surface area contributed by atoms with Gasteiger partial charge in [0.1, 0.15) is 5.69 Å². The van der Waals surface area contributed by atoms with Gasteiger partial charge in [-0.3, -0.25) is 9.48 Å². The molecule has 23 heavy (non-hydrogen) atoms. The fourth-order valence-corrected chi connectivity index (χ4v) is 3.09.